The number of rotatable bonds is 2. The molecule has 0 radical (unpaired) electrons. The van der Waals surface area contributed by atoms with Gasteiger partial charge in [-0.3, -0.25) is 9.59 Å². The number of hydrogen-bond acceptors (Lipinski definition) is 4. The van der Waals surface area contributed by atoms with Crippen LogP contribution in [0.2, 0.25) is 0 Å². The van der Waals surface area contributed by atoms with Crippen LogP contribution in [0.5, 0.6) is 0 Å². The van der Waals surface area contributed by atoms with Crippen molar-refractivity contribution in [1.82, 2.24) is 0 Å². The molecule has 1 aromatic carbocycles. The largest absolute Gasteiger partial charge is 0.469 e. The van der Waals surface area contributed by atoms with Crippen LogP contribution in [0.25, 0.3) is 0 Å². The number of carbonyl (C=O) groups is 2. The lowest BCUT2D eigenvalue weighted by Gasteiger charge is -2.16. The maximum absolute atomic E-state index is 13.3. The number of benzene rings is 1. The number of anilines is 1. The maximum atomic E-state index is 13.3. The smallest absolute Gasteiger partial charge is 0.311 e. The van der Waals surface area contributed by atoms with Crippen LogP contribution in [0, 0.1) is 23.1 Å². The number of hydrogen-bond donors (Lipinski definition) is 0. The van der Waals surface area contributed by atoms with Gasteiger partial charge in [0.2, 0.25) is 5.91 Å². The number of nitrogens with zero attached hydrogens (tertiary/aromatic N) is 2. The maximum Gasteiger partial charge on any atom is 0.311 e. The van der Waals surface area contributed by atoms with Gasteiger partial charge in [0.05, 0.1) is 24.7 Å². The van der Waals surface area contributed by atoms with Gasteiger partial charge in [-0.15, -0.1) is 0 Å². The van der Waals surface area contributed by atoms with Crippen molar-refractivity contribution in [2.45, 2.75) is 6.42 Å². The summed E-state index contributed by atoms with van der Waals surface area (Å²) >= 11 is 0. The van der Waals surface area contributed by atoms with E-state index in [9.17, 15) is 14.0 Å². The summed E-state index contributed by atoms with van der Waals surface area (Å²) in [5.74, 6) is -1.90. The summed E-state index contributed by atoms with van der Waals surface area (Å²) in [6.45, 7) is 0.139. The van der Waals surface area contributed by atoms with Crippen LogP contribution in [0.1, 0.15) is 12.0 Å². The van der Waals surface area contributed by atoms with Crippen molar-refractivity contribution in [2.24, 2.45) is 5.92 Å². The number of halogens is 1. The minimum absolute atomic E-state index is 0.0328. The van der Waals surface area contributed by atoms with Crippen LogP contribution in [-0.2, 0) is 14.3 Å². The first-order valence-electron chi connectivity index (χ1n) is 5.64. The molecule has 19 heavy (non-hydrogen) atoms. The molecule has 0 spiro atoms. The zero-order valence-electron chi connectivity index (χ0n) is 10.2. The highest BCUT2D eigenvalue weighted by atomic mass is 19.1. The number of nitriles is 1. The SMILES string of the molecule is COC(=O)[C@@H]1CC(=O)N(c2cc(F)cc(C#N)c2)C1. The number of esters is 1. The molecule has 0 unspecified atom stereocenters. The Bertz CT molecular complexity index is 580. The van der Waals surface area contributed by atoms with Gasteiger partial charge in [-0.25, -0.2) is 4.39 Å². The number of ether oxygens (including phenoxy) is 1. The monoisotopic (exact) mass is 262 g/mol. The molecule has 0 saturated carbocycles. The summed E-state index contributed by atoms with van der Waals surface area (Å²) in [6.07, 6.45) is 0.0328. The Morgan fingerprint density at radius 1 is 1.53 bits per heavy atom. The summed E-state index contributed by atoms with van der Waals surface area (Å²) in [5.41, 5.74) is 0.414. The molecule has 1 aromatic rings. The predicted octanol–water partition coefficient (Wildman–Crippen LogP) is 1.22. The van der Waals surface area contributed by atoms with E-state index in [1.54, 1.807) is 0 Å². The van der Waals surface area contributed by atoms with E-state index in [4.69, 9.17) is 5.26 Å². The zero-order chi connectivity index (χ0) is 14.0. The molecular formula is C13H11FN2O3. The van der Waals surface area contributed by atoms with E-state index >= 15 is 0 Å². The molecule has 1 fully saturated rings. The molecule has 2 rings (SSSR count). The topological polar surface area (TPSA) is 70.4 Å². The Labute approximate surface area is 109 Å². The van der Waals surface area contributed by atoms with Crippen LogP contribution >= 0.6 is 0 Å². The number of methoxy groups -OCH3 is 1. The van der Waals surface area contributed by atoms with E-state index in [0.29, 0.717) is 0 Å². The van der Waals surface area contributed by atoms with Crippen molar-refractivity contribution < 1.29 is 18.7 Å². The molecule has 0 N–H and O–H groups in total. The molecule has 0 aliphatic carbocycles. The second-order valence-corrected chi connectivity index (χ2v) is 4.24. The average molecular weight is 262 g/mol. The van der Waals surface area contributed by atoms with Crippen LogP contribution in [0.3, 0.4) is 0 Å². The molecular weight excluding hydrogens is 251 g/mol. The third-order valence-electron chi connectivity index (χ3n) is 2.98. The van der Waals surface area contributed by atoms with Gasteiger partial charge in [-0.05, 0) is 18.2 Å². The van der Waals surface area contributed by atoms with Crippen LogP contribution in [0.4, 0.5) is 10.1 Å². The van der Waals surface area contributed by atoms with Crippen molar-refractivity contribution in [3.05, 3.63) is 29.6 Å². The van der Waals surface area contributed by atoms with Gasteiger partial charge in [-0.2, -0.15) is 5.26 Å². The third kappa shape index (κ3) is 2.55. The number of amides is 1. The molecule has 1 amide bonds. The summed E-state index contributed by atoms with van der Waals surface area (Å²) in [6, 6.07) is 5.49. The first-order chi connectivity index (χ1) is 9.05. The van der Waals surface area contributed by atoms with Gasteiger partial charge in [0.1, 0.15) is 5.82 Å². The van der Waals surface area contributed by atoms with E-state index in [1.807, 2.05) is 6.07 Å². The molecule has 0 bridgehead atoms. The molecule has 0 aromatic heterocycles. The summed E-state index contributed by atoms with van der Waals surface area (Å²) < 4.78 is 17.9. The Morgan fingerprint density at radius 2 is 2.26 bits per heavy atom. The Hall–Kier alpha value is -2.42. The number of carbonyl (C=O) groups excluding carboxylic acids is 2. The molecule has 5 nitrogen and oxygen atoms in total. The fourth-order valence-electron chi connectivity index (χ4n) is 2.08. The molecule has 6 heteroatoms. The van der Waals surface area contributed by atoms with E-state index in [0.717, 1.165) is 6.07 Å². The average Bonchev–Trinajstić information content (AvgIpc) is 2.79. The standard InChI is InChI=1S/C13H11FN2O3/c1-19-13(18)9-4-12(17)16(7-9)11-3-8(6-15)2-10(14)5-11/h2-3,5,9H,4,7H2,1H3/t9-/m1/s1. The van der Waals surface area contributed by atoms with Crippen molar-refractivity contribution in [3.63, 3.8) is 0 Å². The molecule has 1 saturated heterocycles. The van der Waals surface area contributed by atoms with Gasteiger partial charge in [0.25, 0.3) is 0 Å². The first kappa shape index (κ1) is 13.0. The third-order valence-corrected chi connectivity index (χ3v) is 2.98. The lowest BCUT2D eigenvalue weighted by atomic mass is 10.1. The van der Waals surface area contributed by atoms with E-state index in [2.05, 4.69) is 4.74 Å². The van der Waals surface area contributed by atoms with Crippen molar-refractivity contribution in [2.75, 3.05) is 18.6 Å². The summed E-state index contributed by atoms with van der Waals surface area (Å²) in [4.78, 5) is 24.5. The minimum atomic E-state index is -0.594. The van der Waals surface area contributed by atoms with Crippen molar-refractivity contribution in [1.29, 1.82) is 5.26 Å². The first-order valence-corrected chi connectivity index (χ1v) is 5.64. The molecule has 98 valence electrons. The Balaban J connectivity index is 2.28. The highest BCUT2D eigenvalue weighted by molar-refractivity contribution is 5.99. The fourth-order valence-corrected chi connectivity index (χ4v) is 2.08. The highest BCUT2D eigenvalue weighted by Crippen LogP contribution is 2.27. The van der Waals surface area contributed by atoms with Gasteiger partial charge in [0.15, 0.2) is 0 Å². The van der Waals surface area contributed by atoms with Gasteiger partial charge >= 0.3 is 5.97 Å². The predicted molar refractivity (Wildman–Crippen MR) is 63.6 cm³/mol. The molecule has 1 aliphatic rings. The minimum Gasteiger partial charge on any atom is -0.469 e. The van der Waals surface area contributed by atoms with Crippen LogP contribution in [0.15, 0.2) is 18.2 Å². The van der Waals surface area contributed by atoms with Gasteiger partial charge < -0.3 is 9.64 Å². The normalized spacial score (nSPS) is 18.3. The van der Waals surface area contributed by atoms with Gasteiger partial charge in [-0.1, -0.05) is 0 Å². The van der Waals surface area contributed by atoms with Crippen LogP contribution < -0.4 is 4.90 Å². The molecule has 1 aliphatic heterocycles. The van der Waals surface area contributed by atoms with Crippen molar-refractivity contribution >= 4 is 17.6 Å². The Morgan fingerprint density at radius 3 is 2.89 bits per heavy atom. The molecule has 1 heterocycles. The lowest BCUT2D eigenvalue weighted by Crippen LogP contribution is -2.26. The van der Waals surface area contributed by atoms with Gasteiger partial charge in [0, 0.05) is 18.7 Å². The molecule has 1 atom stereocenters. The summed E-state index contributed by atoms with van der Waals surface area (Å²) in [5, 5.41) is 8.78. The fraction of sp³-hybridized carbons (Fsp3) is 0.308. The van der Waals surface area contributed by atoms with E-state index < -0.39 is 17.7 Å². The summed E-state index contributed by atoms with van der Waals surface area (Å²) in [7, 11) is 1.26. The second kappa shape index (κ2) is 5.06. The Kier molecular flexibility index (Phi) is 3.47. The quantitative estimate of drug-likeness (QED) is 0.751. The van der Waals surface area contributed by atoms with Crippen LogP contribution in [-0.4, -0.2) is 25.5 Å². The zero-order valence-corrected chi connectivity index (χ0v) is 10.2. The second-order valence-electron chi connectivity index (χ2n) is 4.24. The van der Waals surface area contributed by atoms with Crippen molar-refractivity contribution in [3.8, 4) is 6.07 Å². The van der Waals surface area contributed by atoms with E-state index in [-0.39, 0.29) is 30.1 Å². The highest BCUT2D eigenvalue weighted by Gasteiger charge is 2.36. The lowest BCUT2D eigenvalue weighted by molar-refractivity contribution is -0.145. The van der Waals surface area contributed by atoms with E-state index in [1.165, 1.54) is 24.1 Å².